The largest absolute Gasteiger partial charge is 0.465 e. The first-order valence-corrected chi connectivity index (χ1v) is 16.0. The van der Waals surface area contributed by atoms with Crippen LogP contribution >= 0.6 is 11.6 Å². The van der Waals surface area contributed by atoms with Crippen molar-refractivity contribution in [3.05, 3.63) is 136 Å². The zero-order valence-corrected chi connectivity index (χ0v) is 26.7. The molecule has 0 spiro atoms. The number of pyridine rings is 1. The number of ether oxygens (including phenoxy) is 1. The van der Waals surface area contributed by atoms with E-state index in [1.807, 2.05) is 6.07 Å². The summed E-state index contributed by atoms with van der Waals surface area (Å²) < 4.78 is 76.7. The summed E-state index contributed by atoms with van der Waals surface area (Å²) >= 11 is 6.59. The number of hydrogen-bond acceptors (Lipinski definition) is 6. The first-order chi connectivity index (χ1) is 23.5. The average Bonchev–Trinajstić information content (AvgIpc) is 3.45. The summed E-state index contributed by atoms with van der Waals surface area (Å²) in [7, 11) is -3.40. The van der Waals surface area contributed by atoms with E-state index in [-0.39, 0.29) is 65.6 Å². The van der Waals surface area contributed by atoms with Crippen molar-refractivity contribution in [2.45, 2.75) is 11.3 Å². The number of esters is 1. The van der Waals surface area contributed by atoms with Crippen molar-refractivity contribution in [1.29, 1.82) is 5.26 Å². The molecule has 0 aliphatic heterocycles. The van der Waals surface area contributed by atoms with Gasteiger partial charge in [0.2, 0.25) is 5.69 Å². The molecule has 0 saturated carbocycles. The Bertz CT molecular complexity index is 2470. The Morgan fingerprint density at radius 2 is 1.73 bits per heavy atom. The number of carbonyl (C=O) groups excluding carboxylic acids is 1. The molecule has 2 heterocycles. The third kappa shape index (κ3) is 5.78. The van der Waals surface area contributed by atoms with Crippen LogP contribution < -0.4 is 0 Å². The minimum atomic E-state index is -4.63. The Hall–Kier alpha value is -5.95. The predicted octanol–water partition coefficient (Wildman–Crippen LogP) is 9.21. The van der Waals surface area contributed by atoms with E-state index in [0.717, 1.165) is 40.4 Å². The quantitative estimate of drug-likeness (QED) is 0.122. The summed E-state index contributed by atoms with van der Waals surface area (Å²) in [6, 6.07) is 20.6. The van der Waals surface area contributed by atoms with Crippen LogP contribution in [0.3, 0.4) is 0 Å². The van der Waals surface area contributed by atoms with Gasteiger partial charge in [-0.3, -0.25) is 4.98 Å². The van der Waals surface area contributed by atoms with Gasteiger partial charge >= 0.3 is 5.97 Å². The smallest absolute Gasteiger partial charge is 0.337 e. The summed E-state index contributed by atoms with van der Waals surface area (Å²) in [5.74, 6) is -1.32. The molecule has 2 aromatic heterocycles. The normalized spacial score (nSPS) is 11.3. The molecule has 8 nitrogen and oxygen atoms in total. The van der Waals surface area contributed by atoms with Gasteiger partial charge in [-0.2, -0.15) is 5.26 Å². The number of fused-ring (bicyclic) bond motifs is 1. The molecular weight excluding hydrogens is 677 g/mol. The second-order valence-corrected chi connectivity index (χ2v) is 12.8. The minimum Gasteiger partial charge on any atom is -0.465 e. The fourth-order valence-electron chi connectivity index (χ4n) is 5.60. The van der Waals surface area contributed by atoms with Crippen LogP contribution in [0.25, 0.3) is 49.3 Å². The molecule has 0 amide bonds. The molecule has 0 radical (unpaired) electrons. The summed E-state index contributed by atoms with van der Waals surface area (Å²) in [5, 5.41) is 10.3. The lowest BCUT2D eigenvalue weighted by atomic mass is 9.93. The third-order valence-corrected chi connectivity index (χ3v) is 9.85. The minimum absolute atomic E-state index is 0.00756. The molecule has 242 valence electrons. The summed E-state index contributed by atoms with van der Waals surface area (Å²) in [6.45, 7) is 7.85. The predicted molar refractivity (Wildman–Crippen MR) is 177 cm³/mol. The topological polar surface area (TPSA) is 106 Å². The van der Waals surface area contributed by atoms with Crippen molar-refractivity contribution in [2.75, 3.05) is 7.11 Å². The molecule has 6 aromatic rings. The van der Waals surface area contributed by atoms with Crippen LogP contribution in [0.2, 0.25) is 5.02 Å². The van der Waals surface area contributed by atoms with Crippen LogP contribution in [0.4, 0.5) is 18.9 Å². The number of rotatable bonds is 7. The van der Waals surface area contributed by atoms with Crippen molar-refractivity contribution in [1.82, 2.24) is 8.96 Å². The van der Waals surface area contributed by atoms with Crippen LogP contribution in [0.5, 0.6) is 0 Å². The number of halogens is 4. The van der Waals surface area contributed by atoms with Gasteiger partial charge in [-0.1, -0.05) is 48.0 Å². The van der Waals surface area contributed by atoms with Crippen molar-refractivity contribution >= 4 is 44.2 Å². The SMILES string of the molecule is [C-]#[N+]c1cncc(C#N)c1-c1c(-c2cccc(-c3ccc(C(=O)OC)cc3Cl)c2)n(S(=O)(=O)c2ccc(C(F)F)cc2)c2ccc(F)cc12. The van der Waals surface area contributed by atoms with E-state index in [0.29, 0.717) is 11.1 Å². The van der Waals surface area contributed by atoms with Crippen molar-refractivity contribution < 1.29 is 31.1 Å². The Balaban J connectivity index is 1.74. The number of carbonyl (C=O) groups is 1. The monoisotopic (exact) mass is 696 g/mol. The Kier molecular flexibility index (Phi) is 8.69. The number of nitrogens with zero attached hydrogens (tertiary/aromatic N) is 4. The summed E-state index contributed by atoms with van der Waals surface area (Å²) in [4.78, 5) is 19.3. The number of nitriles is 1. The Labute approximate surface area is 283 Å². The lowest BCUT2D eigenvalue weighted by molar-refractivity contribution is 0.0600. The number of benzene rings is 4. The molecule has 0 saturated heterocycles. The zero-order chi connectivity index (χ0) is 35.0. The highest BCUT2D eigenvalue weighted by molar-refractivity contribution is 7.90. The maximum Gasteiger partial charge on any atom is 0.337 e. The summed E-state index contributed by atoms with van der Waals surface area (Å²) in [6.07, 6.45) is -0.410. The molecule has 0 atom stereocenters. The highest BCUT2D eigenvalue weighted by atomic mass is 35.5. The number of aromatic nitrogens is 2. The average molecular weight is 697 g/mol. The molecule has 0 aliphatic rings. The fraction of sp³-hybridized carbons (Fsp3) is 0.0556. The van der Waals surface area contributed by atoms with E-state index >= 15 is 4.39 Å². The van der Waals surface area contributed by atoms with Crippen LogP contribution in [0.1, 0.15) is 27.9 Å². The molecular formula is C36H20ClF3N4O4S. The molecule has 0 fully saturated rings. The van der Waals surface area contributed by atoms with Crippen LogP contribution in [-0.2, 0) is 14.8 Å². The van der Waals surface area contributed by atoms with Gasteiger partial charge in [-0.05, 0) is 54.1 Å². The van der Waals surface area contributed by atoms with E-state index in [4.69, 9.17) is 22.9 Å². The molecule has 49 heavy (non-hydrogen) atoms. The Morgan fingerprint density at radius 3 is 2.39 bits per heavy atom. The van der Waals surface area contributed by atoms with Crippen LogP contribution in [-0.4, -0.2) is 30.5 Å². The van der Waals surface area contributed by atoms with Gasteiger partial charge in [0.1, 0.15) is 11.9 Å². The van der Waals surface area contributed by atoms with Crippen molar-refractivity contribution in [3.63, 3.8) is 0 Å². The summed E-state index contributed by atoms with van der Waals surface area (Å²) in [5.41, 5.74) is 0.876. The van der Waals surface area contributed by atoms with Crippen LogP contribution in [0.15, 0.2) is 102 Å². The van der Waals surface area contributed by atoms with E-state index in [1.54, 1.807) is 30.3 Å². The molecule has 4 aromatic carbocycles. The van der Waals surface area contributed by atoms with Gasteiger partial charge in [-0.15, -0.1) is 0 Å². The fourth-order valence-corrected chi connectivity index (χ4v) is 7.44. The van der Waals surface area contributed by atoms with Gasteiger partial charge in [0.05, 0.1) is 40.9 Å². The van der Waals surface area contributed by atoms with E-state index < -0.39 is 28.2 Å². The number of methoxy groups -OCH3 is 1. The van der Waals surface area contributed by atoms with Crippen molar-refractivity contribution in [2.24, 2.45) is 0 Å². The van der Waals surface area contributed by atoms with Gasteiger partial charge in [0.15, 0.2) is 0 Å². The van der Waals surface area contributed by atoms with Gasteiger partial charge < -0.3 is 4.74 Å². The lowest BCUT2D eigenvalue weighted by Crippen LogP contribution is -2.14. The lowest BCUT2D eigenvalue weighted by Gasteiger charge is -2.16. The first-order valence-electron chi connectivity index (χ1n) is 14.2. The van der Waals surface area contributed by atoms with Crippen LogP contribution in [0, 0.1) is 23.7 Å². The second-order valence-electron chi connectivity index (χ2n) is 10.6. The zero-order valence-electron chi connectivity index (χ0n) is 25.2. The molecule has 13 heteroatoms. The van der Waals surface area contributed by atoms with E-state index in [9.17, 15) is 27.3 Å². The first kappa shape index (κ1) is 33.0. The number of hydrogen-bond donors (Lipinski definition) is 0. The van der Waals surface area contributed by atoms with Gasteiger partial charge in [0.25, 0.3) is 16.4 Å². The molecule has 0 N–H and O–H groups in total. The molecule has 0 aliphatic carbocycles. The molecule has 6 rings (SSSR count). The Morgan fingerprint density at radius 1 is 1.00 bits per heavy atom. The third-order valence-electron chi connectivity index (χ3n) is 7.81. The maximum absolute atomic E-state index is 15.0. The maximum atomic E-state index is 15.0. The highest BCUT2D eigenvalue weighted by Gasteiger charge is 2.31. The van der Waals surface area contributed by atoms with Gasteiger partial charge in [0, 0.05) is 50.6 Å². The second kappa shape index (κ2) is 12.9. The molecule has 0 bridgehead atoms. The molecule has 0 unspecified atom stereocenters. The highest BCUT2D eigenvalue weighted by Crippen LogP contribution is 2.48. The number of alkyl halides is 2. The van der Waals surface area contributed by atoms with Crippen molar-refractivity contribution in [3.8, 4) is 39.6 Å². The standard InChI is InChI=1S/C36H20ClF3N4O4S/c1-42-30-19-43-18-24(17-41)32(30)33-28-16-25(38)9-13-31(28)44(49(46,47)26-10-6-20(7-11-26)35(39)40)34(33)22-5-3-4-21(14-22)27-12-8-23(15-29(27)37)36(45)48-2/h3-16,18-19,35H,2H3. The van der Waals surface area contributed by atoms with E-state index in [1.165, 1.54) is 37.7 Å². The van der Waals surface area contributed by atoms with Gasteiger partial charge in [-0.25, -0.2) is 35.2 Å². The van der Waals surface area contributed by atoms with E-state index in [2.05, 4.69) is 9.83 Å².